The van der Waals surface area contributed by atoms with Crippen LogP contribution in [-0.4, -0.2) is 39.2 Å². The van der Waals surface area contributed by atoms with E-state index in [1.54, 1.807) is 6.92 Å². The number of anilines is 1. The molecule has 0 aliphatic heterocycles. The summed E-state index contributed by atoms with van der Waals surface area (Å²) in [5, 5.41) is 3.49. The molecule has 160 valence electrons. The van der Waals surface area contributed by atoms with Crippen LogP contribution in [0.4, 0.5) is 27.8 Å². The van der Waals surface area contributed by atoms with Gasteiger partial charge in [0.1, 0.15) is 5.82 Å². The van der Waals surface area contributed by atoms with E-state index < -0.39 is 29.6 Å². The van der Waals surface area contributed by atoms with E-state index in [1.165, 1.54) is 24.1 Å². The van der Waals surface area contributed by atoms with Crippen molar-refractivity contribution in [3.8, 4) is 0 Å². The number of halogens is 5. The second-order valence-corrected chi connectivity index (χ2v) is 6.40. The average Bonchev–Trinajstić information content (AvgIpc) is 3.11. The number of aromatic nitrogens is 4. The molecule has 0 N–H and O–H groups in total. The minimum Gasteiger partial charge on any atom is -0.469 e. The topological polar surface area (TPSA) is 72.6 Å². The van der Waals surface area contributed by atoms with Crippen LogP contribution in [0.15, 0.2) is 24.3 Å². The van der Waals surface area contributed by atoms with Crippen LogP contribution in [0, 0.1) is 18.6 Å². The number of esters is 1. The Morgan fingerprint density at radius 3 is 2.53 bits per heavy atom. The van der Waals surface area contributed by atoms with Crippen LogP contribution in [0.25, 0.3) is 5.78 Å². The molecule has 0 saturated heterocycles. The van der Waals surface area contributed by atoms with E-state index in [4.69, 9.17) is 0 Å². The number of aryl methyl sites for hydroxylation is 1. The Morgan fingerprint density at radius 2 is 1.90 bits per heavy atom. The Morgan fingerprint density at radius 1 is 1.17 bits per heavy atom. The maximum atomic E-state index is 13.6. The molecular weight excluding hydrogens is 413 g/mol. The maximum Gasteiger partial charge on any atom is 0.453 e. The Bertz CT molecular complexity index is 1080. The Kier molecular flexibility index (Phi) is 5.85. The summed E-state index contributed by atoms with van der Waals surface area (Å²) in [6, 6.07) is 4.69. The number of methoxy groups -OCH3 is 1. The van der Waals surface area contributed by atoms with Crippen LogP contribution in [0.2, 0.25) is 0 Å². The summed E-state index contributed by atoms with van der Waals surface area (Å²) in [5.74, 6) is -4.17. The minimum atomic E-state index is -4.78. The van der Waals surface area contributed by atoms with Crippen LogP contribution >= 0.6 is 0 Å². The first-order chi connectivity index (χ1) is 14.1. The van der Waals surface area contributed by atoms with Gasteiger partial charge in [0.15, 0.2) is 11.6 Å². The number of benzene rings is 1. The predicted octanol–water partition coefficient (Wildman–Crippen LogP) is 3.30. The lowest BCUT2D eigenvalue weighted by Crippen LogP contribution is -2.28. The lowest BCUT2D eigenvalue weighted by molar-refractivity contribution is -0.144. The summed E-state index contributed by atoms with van der Waals surface area (Å²) in [5.41, 5.74) is 0.685. The number of carbonyl (C=O) groups is 1. The largest absolute Gasteiger partial charge is 0.469 e. The van der Waals surface area contributed by atoms with Crippen molar-refractivity contribution in [2.45, 2.75) is 26.1 Å². The number of fused-ring (bicyclic) bond motifs is 1. The molecule has 0 saturated carbocycles. The predicted molar refractivity (Wildman–Crippen MR) is 94.6 cm³/mol. The number of hydrogen-bond acceptors (Lipinski definition) is 6. The molecule has 3 rings (SSSR count). The number of carbonyl (C=O) groups excluding carboxylic acids is 1. The molecule has 2 heterocycles. The smallest absolute Gasteiger partial charge is 0.453 e. The van der Waals surface area contributed by atoms with Crippen LogP contribution in [-0.2, 0) is 22.3 Å². The van der Waals surface area contributed by atoms with E-state index in [0.29, 0.717) is 11.3 Å². The van der Waals surface area contributed by atoms with Crippen LogP contribution in [0.3, 0.4) is 0 Å². The van der Waals surface area contributed by atoms with Crippen molar-refractivity contribution in [1.29, 1.82) is 0 Å². The maximum absolute atomic E-state index is 13.6. The Labute approximate surface area is 167 Å². The minimum absolute atomic E-state index is 0.00539. The van der Waals surface area contributed by atoms with Crippen LogP contribution in [0.1, 0.15) is 23.5 Å². The summed E-state index contributed by atoms with van der Waals surface area (Å²) >= 11 is 0. The van der Waals surface area contributed by atoms with Gasteiger partial charge in [-0.2, -0.15) is 22.7 Å². The standard InChI is InChI=1S/C18H16F5N5O2/c1-10-7-14(28-17(24-10)25-16(26-28)18(21,22)23)27(6-5-15(29)30-2)9-11-3-4-12(19)13(20)8-11/h3-4,7-8H,5-6,9H2,1-2H3. The zero-order chi connectivity index (χ0) is 22.1. The first-order valence-electron chi connectivity index (χ1n) is 8.66. The molecule has 0 atom stereocenters. The van der Waals surface area contributed by atoms with Gasteiger partial charge in [-0.3, -0.25) is 4.79 Å². The zero-order valence-corrected chi connectivity index (χ0v) is 15.9. The SMILES string of the molecule is COC(=O)CCN(Cc1ccc(F)c(F)c1)c1cc(C)nc2nc(C(F)(F)F)nn12. The molecule has 0 radical (unpaired) electrons. The number of hydrogen-bond donors (Lipinski definition) is 0. The lowest BCUT2D eigenvalue weighted by Gasteiger charge is -2.25. The third-order valence-corrected chi connectivity index (χ3v) is 4.17. The van der Waals surface area contributed by atoms with Crippen molar-refractivity contribution in [2.24, 2.45) is 0 Å². The second kappa shape index (κ2) is 8.20. The molecule has 12 heteroatoms. The molecule has 0 bridgehead atoms. The van der Waals surface area contributed by atoms with E-state index in [2.05, 4.69) is 19.8 Å². The van der Waals surface area contributed by atoms with Crippen LogP contribution < -0.4 is 4.90 Å². The molecule has 3 aromatic rings. The number of rotatable bonds is 6. The van der Waals surface area contributed by atoms with E-state index in [1.807, 2.05) is 0 Å². The highest BCUT2D eigenvalue weighted by Gasteiger charge is 2.37. The third-order valence-electron chi connectivity index (χ3n) is 4.17. The summed E-state index contributed by atoms with van der Waals surface area (Å²) < 4.78 is 71.6. The van der Waals surface area contributed by atoms with Gasteiger partial charge < -0.3 is 9.64 Å². The highest BCUT2D eigenvalue weighted by atomic mass is 19.4. The van der Waals surface area contributed by atoms with Gasteiger partial charge >= 0.3 is 12.1 Å². The van der Waals surface area contributed by atoms with Crippen molar-refractivity contribution in [2.75, 3.05) is 18.6 Å². The van der Waals surface area contributed by atoms with Gasteiger partial charge in [-0.05, 0) is 24.6 Å². The van der Waals surface area contributed by atoms with Crippen molar-refractivity contribution in [3.05, 3.63) is 53.0 Å². The monoisotopic (exact) mass is 429 g/mol. The molecule has 7 nitrogen and oxygen atoms in total. The van der Waals surface area contributed by atoms with Crippen LogP contribution in [0.5, 0.6) is 0 Å². The summed E-state index contributed by atoms with van der Waals surface area (Å²) in [6.07, 6.45) is -4.89. The van der Waals surface area contributed by atoms with Gasteiger partial charge in [0.25, 0.3) is 11.6 Å². The van der Waals surface area contributed by atoms with Gasteiger partial charge in [-0.25, -0.2) is 13.8 Å². The quantitative estimate of drug-likeness (QED) is 0.442. The van der Waals surface area contributed by atoms with E-state index in [0.717, 1.165) is 16.6 Å². The molecule has 30 heavy (non-hydrogen) atoms. The molecule has 0 unspecified atom stereocenters. The first kappa shape index (κ1) is 21.4. The summed E-state index contributed by atoms with van der Waals surface area (Å²) in [7, 11) is 1.20. The molecule has 1 aromatic carbocycles. The van der Waals surface area contributed by atoms with Gasteiger partial charge in [0.05, 0.1) is 13.5 Å². The van der Waals surface area contributed by atoms with E-state index in [9.17, 15) is 26.7 Å². The third kappa shape index (κ3) is 4.63. The molecule has 0 amide bonds. The van der Waals surface area contributed by atoms with Crippen molar-refractivity contribution >= 4 is 17.6 Å². The first-order valence-corrected chi connectivity index (χ1v) is 8.66. The number of ether oxygens (including phenoxy) is 1. The fraction of sp³-hybridized carbons (Fsp3) is 0.333. The molecule has 2 aromatic heterocycles. The highest BCUT2D eigenvalue weighted by Crippen LogP contribution is 2.28. The normalized spacial score (nSPS) is 11.7. The second-order valence-electron chi connectivity index (χ2n) is 6.40. The van der Waals surface area contributed by atoms with Gasteiger partial charge in [-0.1, -0.05) is 6.07 Å². The van der Waals surface area contributed by atoms with E-state index in [-0.39, 0.29) is 31.1 Å². The van der Waals surface area contributed by atoms with Gasteiger partial charge in [0.2, 0.25) is 0 Å². The van der Waals surface area contributed by atoms with E-state index >= 15 is 0 Å². The molecule has 0 fully saturated rings. The number of nitrogens with zero attached hydrogens (tertiary/aromatic N) is 5. The Hall–Kier alpha value is -3.31. The van der Waals surface area contributed by atoms with Crippen molar-refractivity contribution in [3.63, 3.8) is 0 Å². The molecule has 0 spiro atoms. The number of alkyl halides is 3. The highest BCUT2D eigenvalue weighted by molar-refractivity contribution is 5.70. The summed E-state index contributed by atoms with van der Waals surface area (Å²) in [4.78, 5) is 20.5. The fourth-order valence-electron chi connectivity index (χ4n) is 2.77. The van der Waals surface area contributed by atoms with Crippen molar-refractivity contribution < 1.29 is 31.5 Å². The summed E-state index contributed by atoms with van der Waals surface area (Å²) in [6.45, 7) is 1.51. The molecular formula is C18H16F5N5O2. The fourth-order valence-corrected chi connectivity index (χ4v) is 2.77. The molecule has 0 aliphatic carbocycles. The van der Waals surface area contributed by atoms with Crippen molar-refractivity contribution in [1.82, 2.24) is 19.6 Å². The van der Waals surface area contributed by atoms with Gasteiger partial charge in [0, 0.05) is 24.8 Å². The zero-order valence-electron chi connectivity index (χ0n) is 15.9. The molecule has 0 aliphatic rings. The average molecular weight is 429 g/mol. The van der Waals surface area contributed by atoms with Gasteiger partial charge in [-0.15, -0.1) is 5.10 Å². The Balaban J connectivity index is 2.07. The lowest BCUT2D eigenvalue weighted by atomic mass is 10.2.